The van der Waals surface area contributed by atoms with Crippen LogP contribution in [-0.2, 0) is 13.6 Å². The normalized spacial score (nSPS) is 21.2. The van der Waals surface area contributed by atoms with Crippen molar-refractivity contribution >= 4 is 11.0 Å². The van der Waals surface area contributed by atoms with Gasteiger partial charge in [-0.3, -0.25) is 9.58 Å². The summed E-state index contributed by atoms with van der Waals surface area (Å²) in [5, 5.41) is 15.1. The Balaban J connectivity index is 1.51. The quantitative estimate of drug-likeness (QED) is 0.772. The molecule has 0 aliphatic carbocycles. The van der Waals surface area contributed by atoms with Crippen molar-refractivity contribution in [1.82, 2.24) is 14.7 Å². The van der Waals surface area contributed by atoms with Crippen LogP contribution in [0.1, 0.15) is 17.2 Å². The van der Waals surface area contributed by atoms with Crippen molar-refractivity contribution in [2.24, 2.45) is 13.0 Å². The van der Waals surface area contributed by atoms with Crippen molar-refractivity contribution in [1.29, 1.82) is 0 Å². The van der Waals surface area contributed by atoms with E-state index in [1.54, 1.807) is 7.11 Å². The molecule has 6 heteroatoms. The first-order valence-electron chi connectivity index (χ1n) is 8.54. The highest BCUT2D eigenvalue weighted by Crippen LogP contribution is 2.33. The lowest BCUT2D eigenvalue weighted by Crippen LogP contribution is -2.20. The van der Waals surface area contributed by atoms with E-state index in [1.807, 2.05) is 42.3 Å². The zero-order valence-electron chi connectivity index (χ0n) is 14.6. The first-order valence-corrected chi connectivity index (χ1v) is 8.54. The number of fused-ring (bicyclic) bond motifs is 1. The number of aliphatic hydroxyl groups is 1. The number of nitrogens with zero attached hydrogens (tertiary/aromatic N) is 3. The van der Waals surface area contributed by atoms with E-state index in [9.17, 15) is 5.11 Å². The number of furan rings is 1. The Morgan fingerprint density at radius 2 is 2.20 bits per heavy atom. The number of aliphatic hydroxyl groups excluding tert-OH is 1. The third-order valence-electron chi connectivity index (χ3n) is 5.06. The number of aryl methyl sites for hydroxylation is 1. The lowest BCUT2D eigenvalue weighted by molar-refractivity contribution is 0.211. The molecule has 2 atom stereocenters. The molecule has 0 spiro atoms. The van der Waals surface area contributed by atoms with Crippen LogP contribution >= 0.6 is 0 Å². The van der Waals surface area contributed by atoms with Crippen LogP contribution in [0.15, 0.2) is 41.1 Å². The number of methoxy groups -OCH3 is 1. The molecule has 1 N–H and O–H groups in total. The van der Waals surface area contributed by atoms with Crippen LogP contribution in [0.5, 0.6) is 5.75 Å². The van der Waals surface area contributed by atoms with Crippen molar-refractivity contribution in [3.05, 3.63) is 48.0 Å². The largest absolute Gasteiger partial charge is 0.497 e. The molecule has 0 amide bonds. The molecule has 1 saturated heterocycles. The van der Waals surface area contributed by atoms with Crippen molar-refractivity contribution < 1.29 is 14.3 Å². The molecule has 0 bridgehead atoms. The lowest BCUT2D eigenvalue weighted by atomic mass is 9.92. The van der Waals surface area contributed by atoms with E-state index in [2.05, 4.69) is 16.1 Å². The molecule has 132 valence electrons. The van der Waals surface area contributed by atoms with Crippen LogP contribution in [0.4, 0.5) is 0 Å². The van der Waals surface area contributed by atoms with Gasteiger partial charge in [-0.1, -0.05) is 0 Å². The zero-order valence-corrected chi connectivity index (χ0v) is 14.6. The molecule has 0 unspecified atom stereocenters. The standard InChI is InChI=1S/C19H23N3O3/c1-21-8-14(7-20-21)18-11-22(9-15(18)12-23)10-17-6-13-5-16(24-2)3-4-19(13)25-17/h3-8,15,18,23H,9-12H2,1-2H3/t15-,18-/m0/s1. The van der Waals surface area contributed by atoms with E-state index in [0.717, 1.165) is 42.1 Å². The molecule has 0 radical (unpaired) electrons. The van der Waals surface area contributed by atoms with Gasteiger partial charge in [0.05, 0.1) is 19.9 Å². The average molecular weight is 341 g/mol. The Morgan fingerprint density at radius 1 is 1.32 bits per heavy atom. The maximum Gasteiger partial charge on any atom is 0.134 e. The highest BCUT2D eigenvalue weighted by Gasteiger charge is 2.34. The molecule has 1 aliphatic rings. The number of hydrogen-bond acceptors (Lipinski definition) is 5. The number of rotatable bonds is 5. The van der Waals surface area contributed by atoms with E-state index in [0.29, 0.717) is 5.92 Å². The number of ether oxygens (including phenoxy) is 1. The van der Waals surface area contributed by atoms with E-state index < -0.39 is 0 Å². The maximum atomic E-state index is 9.77. The Labute approximate surface area is 146 Å². The fourth-order valence-corrected chi connectivity index (χ4v) is 3.79. The van der Waals surface area contributed by atoms with Gasteiger partial charge in [-0.05, 0) is 29.8 Å². The molecule has 1 fully saturated rings. The topological polar surface area (TPSA) is 63.7 Å². The molecule has 1 aromatic carbocycles. The minimum Gasteiger partial charge on any atom is -0.497 e. The Bertz CT molecular complexity index is 870. The van der Waals surface area contributed by atoms with Crippen LogP contribution in [-0.4, -0.2) is 46.6 Å². The van der Waals surface area contributed by atoms with Gasteiger partial charge in [-0.2, -0.15) is 5.10 Å². The first-order chi connectivity index (χ1) is 12.2. The second-order valence-electron chi connectivity index (χ2n) is 6.81. The van der Waals surface area contributed by atoms with E-state index in [1.165, 1.54) is 5.56 Å². The van der Waals surface area contributed by atoms with Gasteiger partial charge >= 0.3 is 0 Å². The average Bonchev–Trinajstić information content (AvgIpc) is 3.31. The Hall–Kier alpha value is -2.31. The van der Waals surface area contributed by atoms with Gasteiger partial charge in [0.2, 0.25) is 0 Å². The van der Waals surface area contributed by atoms with Gasteiger partial charge in [0, 0.05) is 50.2 Å². The molecule has 6 nitrogen and oxygen atoms in total. The molecule has 2 aromatic heterocycles. The van der Waals surface area contributed by atoms with Crippen molar-refractivity contribution in [2.75, 3.05) is 26.8 Å². The number of benzene rings is 1. The van der Waals surface area contributed by atoms with Gasteiger partial charge in [-0.15, -0.1) is 0 Å². The molecule has 3 heterocycles. The van der Waals surface area contributed by atoms with Crippen LogP contribution < -0.4 is 4.74 Å². The van der Waals surface area contributed by atoms with Crippen molar-refractivity contribution in [2.45, 2.75) is 12.5 Å². The summed E-state index contributed by atoms with van der Waals surface area (Å²) in [6, 6.07) is 7.91. The maximum absolute atomic E-state index is 9.77. The van der Waals surface area contributed by atoms with Crippen molar-refractivity contribution in [3.8, 4) is 5.75 Å². The van der Waals surface area contributed by atoms with Crippen molar-refractivity contribution in [3.63, 3.8) is 0 Å². The molecule has 4 rings (SSSR count). The highest BCUT2D eigenvalue weighted by molar-refractivity contribution is 5.79. The summed E-state index contributed by atoms with van der Waals surface area (Å²) in [5.74, 6) is 2.31. The molecule has 1 aliphatic heterocycles. The number of likely N-dealkylation sites (tertiary alicyclic amines) is 1. The van der Waals surface area contributed by atoms with Crippen LogP contribution in [0, 0.1) is 5.92 Å². The van der Waals surface area contributed by atoms with Gasteiger partial charge in [0.15, 0.2) is 0 Å². The lowest BCUT2D eigenvalue weighted by Gasteiger charge is -2.13. The summed E-state index contributed by atoms with van der Waals surface area (Å²) in [6.07, 6.45) is 3.95. The van der Waals surface area contributed by atoms with Gasteiger partial charge in [0.1, 0.15) is 17.1 Å². The first kappa shape index (κ1) is 16.2. The predicted molar refractivity (Wildman–Crippen MR) is 94.6 cm³/mol. The second-order valence-corrected chi connectivity index (χ2v) is 6.81. The molecular formula is C19H23N3O3. The monoisotopic (exact) mass is 341 g/mol. The van der Waals surface area contributed by atoms with E-state index in [-0.39, 0.29) is 12.5 Å². The fourth-order valence-electron chi connectivity index (χ4n) is 3.79. The van der Waals surface area contributed by atoms with Gasteiger partial charge in [-0.25, -0.2) is 0 Å². The number of aromatic nitrogens is 2. The van der Waals surface area contributed by atoms with E-state index >= 15 is 0 Å². The van der Waals surface area contributed by atoms with Gasteiger partial charge in [0.25, 0.3) is 0 Å². The van der Waals surface area contributed by atoms with Crippen LogP contribution in [0.2, 0.25) is 0 Å². The molecule has 3 aromatic rings. The zero-order chi connectivity index (χ0) is 17.4. The summed E-state index contributed by atoms with van der Waals surface area (Å²) < 4.78 is 13.1. The highest BCUT2D eigenvalue weighted by atomic mass is 16.5. The third-order valence-corrected chi connectivity index (χ3v) is 5.06. The van der Waals surface area contributed by atoms with Gasteiger partial charge < -0.3 is 14.3 Å². The fraction of sp³-hybridized carbons (Fsp3) is 0.421. The summed E-state index contributed by atoms with van der Waals surface area (Å²) in [6.45, 7) is 2.69. The predicted octanol–water partition coefficient (Wildman–Crippen LogP) is 2.38. The minimum absolute atomic E-state index is 0.188. The summed E-state index contributed by atoms with van der Waals surface area (Å²) in [7, 11) is 3.59. The van der Waals surface area contributed by atoms with Crippen LogP contribution in [0.3, 0.4) is 0 Å². The second kappa shape index (κ2) is 6.54. The summed E-state index contributed by atoms with van der Waals surface area (Å²) >= 11 is 0. The minimum atomic E-state index is 0.188. The SMILES string of the molecule is COc1ccc2oc(CN3C[C@@H](CO)[C@H](c4cnn(C)c4)C3)cc2c1. The molecule has 0 saturated carbocycles. The Morgan fingerprint density at radius 3 is 2.92 bits per heavy atom. The Kier molecular flexibility index (Phi) is 4.23. The third kappa shape index (κ3) is 3.15. The smallest absolute Gasteiger partial charge is 0.134 e. The summed E-state index contributed by atoms with van der Waals surface area (Å²) in [5.41, 5.74) is 2.07. The van der Waals surface area contributed by atoms with E-state index in [4.69, 9.17) is 9.15 Å². The number of hydrogen-bond donors (Lipinski definition) is 1. The van der Waals surface area contributed by atoms with Crippen LogP contribution in [0.25, 0.3) is 11.0 Å². The molecular weight excluding hydrogens is 318 g/mol. The summed E-state index contributed by atoms with van der Waals surface area (Å²) in [4.78, 5) is 2.34. The molecule has 25 heavy (non-hydrogen) atoms.